The first kappa shape index (κ1) is 14.9. The first-order valence-electron chi connectivity index (χ1n) is 6.57. The second kappa shape index (κ2) is 7.30. The molecule has 0 aliphatic rings. The zero-order chi connectivity index (χ0) is 15.1. The fourth-order valence-corrected chi connectivity index (χ4v) is 1.98. The Labute approximate surface area is 123 Å². The van der Waals surface area contributed by atoms with Crippen molar-refractivity contribution >= 4 is 5.84 Å². The molecule has 0 radical (unpaired) electrons. The minimum absolute atomic E-state index is 0.0326. The van der Waals surface area contributed by atoms with Gasteiger partial charge in [0.05, 0.1) is 19.2 Å². The van der Waals surface area contributed by atoms with Gasteiger partial charge < -0.3 is 21.0 Å². The third kappa shape index (κ3) is 3.96. The molecule has 1 aromatic heterocycles. The molecule has 0 saturated carbocycles. The third-order valence-corrected chi connectivity index (χ3v) is 3.05. The van der Waals surface area contributed by atoms with Gasteiger partial charge in [0.25, 0.3) is 0 Å². The molecular formula is C14H19N5O2. The summed E-state index contributed by atoms with van der Waals surface area (Å²) in [6, 6.07) is 7.48. The van der Waals surface area contributed by atoms with E-state index in [1.54, 1.807) is 19.4 Å². The Bertz CT molecular complexity index is 595. The summed E-state index contributed by atoms with van der Waals surface area (Å²) >= 11 is 0. The van der Waals surface area contributed by atoms with Crippen LogP contribution in [0.15, 0.2) is 41.8 Å². The van der Waals surface area contributed by atoms with Crippen LogP contribution < -0.4 is 15.8 Å². The van der Waals surface area contributed by atoms with Gasteiger partial charge in [0, 0.05) is 25.5 Å². The highest BCUT2D eigenvalue weighted by molar-refractivity contribution is 5.99. The molecule has 7 nitrogen and oxygen atoms in total. The zero-order valence-electron chi connectivity index (χ0n) is 11.9. The van der Waals surface area contributed by atoms with Crippen molar-refractivity contribution in [3.05, 3.63) is 47.8 Å². The van der Waals surface area contributed by atoms with Crippen LogP contribution >= 0.6 is 0 Å². The lowest BCUT2D eigenvalue weighted by Crippen LogP contribution is -2.20. The van der Waals surface area contributed by atoms with Gasteiger partial charge in [-0.2, -0.15) is 5.10 Å². The lowest BCUT2D eigenvalue weighted by Gasteiger charge is -2.10. The number of hydrogen-bond acceptors (Lipinski definition) is 5. The van der Waals surface area contributed by atoms with Crippen LogP contribution in [-0.4, -0.2) is 34.5 Å². The van der Waals surface area contributed by atoms with E-state index in [0.29, 0.717) is 17.9 Å². The lowest BCUT2D eigenvalue weighted by atomic mass is 10.1. The summed E-state index contributed by atoms with van der Waals surface area (Å²) in [6.45, 7) is 2.28. The van der Waals surface area contributed by atoms with Crippen LogP contribution in [0.2, 0.25) is 0 Å². The summed E-state index contributed by atoms with van der Waals surface area (Å²) in [5, 5.41) is 19.3. The summed E-state index contributed by atoms with van der Waals surface area (Å²) in [5.74, 6) is 0.607. The summed E-state index contributed by atoms with van der Waals surface area (Å²) in [6.07, 6.45) is 3.68. The molecule has 21 heavy (non-hydrogen) atoms. The molecule has 2 rings (SSSR count). The second-order valence-corrected chi connectivity index (χ2v) is 4.47. The van der Waals surface area contributed by atoms with E-state index < -0.39 is 0 Å². The van der Waals surface area contributed by atoms with Crippen LogP contribution in [0.5, 0.6) is 5.75 Å². The second-order valence-electron chi connectivity index (χ2n) is 4.47. The monoisotopic (exact) mass is 289 g/mol. The number of ether oxygens (including phenoxy) is 1. The number of amidine groups is 1. The minimum atomic E-state index is 0.0326. The Hall–Kier alpha value is -2.54. The number of oxime groups is 1. The molecule has 0 aliphatic carbocycles. The number of aromatic nitrogens is 2. The summed E-state index contributed by atoms with van der Waals surface area (Å²) in [7, 11) is 1.55. The van der Waals surface area contributed by atoms with Crippen LogP contribution in [0.25, 0.3) is 0 Å². The molecule has 0 bridgehead atoms. The topological polar surface area (TPSA) is 97.7 Å². The summed E-state index contributed by atoms with van der Waals surface area (Å²) in [4.78, 5) is 0. The molecule has 2 aromatic rings. The highest BCUT2D eigenvalue weighted by atomic mass is 16.5. The molecule has 112 valence electrons. The highest BCUT2D eigenvalue weighted by Gasteiger charge is 2.08. The minimum Gasteiger partial charge on any atom is -0.496 e. The smallest absolute Gasteiger partial charge is 0.173 e. The number of nitrogens with zero attached hydrogens (tertiary/aromatic N) is 3. The molecule has 0 saturated heterocycles. The lowest BCUT2D eigenvalue weighted by molar-refractivity contribution is 0.318. The van der Waals surface area contributed by atoms with Crippen molar-refractivity contribution in [3.63, 3.8) is 0 Å². The molecule has 0 aliphatic heterocycles. The summed E-state index contributed by atoms with van der Waals surface area (Å²) in [5.41, 5.74) is 7.25. The fourth-order valence-electron chi connectivity index (χ4n) is 1.98. The van der Waals surface area contributed by atoms with Gasteiger partial charge in [-0.05, 0) is 23.8 Å². The van der Waals surface area contributed by atoms with Gasteiger partial charge in [-0.1, -0.05) is 11.2 Å². The molecule has 4 N–H and O–H groups in total. The number of hydrogen-bond donors (Lipinski definition) is 3. The molecule has 7 heteroatoms. The van der Waals surface area contributed by atoms with Gasteiger partial charge >= 0.3 is 0 Å². The maximum atomic E-state index is 8.80. The molecule has 1 aromatic carbocycles. The van der Waals surface area contributed by atoms with Crippen molar-refractivity contribution in [2.45, 2.75) is 13.1 Å². The van der Waals surface area contributed by atoms with Crippen LogP contribution in [0, 0.1) is 0 Å². The average Bonchev–Trinajstić information content (AvgIpc) is 3.04. The van der Waals surface area contributed by atoms with E-state index in [0.717, 1.165) is 18.7 Å². The van der Waals surface area contributed by atoms with Crippen molar-refractivity contribution in [2.75, 3.05) is 13.7 Å². The first-order chi connectivity index (χ1) is 10.2. The molecule has 0 fully saturated rings. The maximum absolute atomic E-state index is 8.80. The molecule has 0 atom stereocenters. The fraction of sp³-hybridized carbons (Fsp3) is 0.286. The van der Waals surface area contributed by atoms with E-state index in [2.05, 4.69) is 15.6 Å². The van der Waals surface area contributed by atoms with Crippen molar-refractivity contribution in [1.82, 2.24) is 15.1 Å². The highest BCUT2D eigenvalue weighted by Crippen LogP contribution is 2.19. The van der Waals surface area contributed by atoms with Gasteiger partial charge in [-0.25, -0.2) is 0 Å². The van der Waals surface area contributed by atoms with Gasteiger partial charge in [-0.3, -0.25) is 4.68 Å². The molecule has 1 heterocycles. The Morgan fingerprint density at radius 1 is 1.52 bits per heavy atom. The largest absolute Gasteiger partial charge is 0.496 e. The Morgan fingerprint density at radius 2 is 2.38 bits per heavy atom. The van der Waals surface area contributed by atoms with E-state index in [9.17, 15) is 0 Å². The standard InChI is InChI=1S/C14H19N5O2/c1-21-13-4-3-11(9-12(13)14(15)18-20)10-16-6-8-19-7-2-5-17-19/h2-5,7,9,16,20H,6,8,10H2,1H3,(H2,15,18). The van der Waals surface area contributed by atoms with Crippen molar-refractivity contribution < 1.29 is 9.94 Å². The van der Waals surface area contributed by atoms with E-state index >= 15 is 0 Å². The molecule has 0 unspecified atom stereocenters. The van der Waals surface area contributed by atoms with Crippen LogP contribution in [0.3, 0.4) is 0 Å². The van der Waals surface area contributed by atoms with Crippen LogP contribution in [-0.2, 0) is 13.1 Å². The van der Waals surface area contributed by atoms with Gasteiger partial charge in [0.1, 0.15) is 5.75 Å². The SMILES string of the molecule is COc1ccc(CNCCn2cccn2)cc1C(N)=NO. The predicted octanol–water partition coefficient (Wildman–Crippen LogP) is 0.776. The third-order valence-electron chi connectivity index (χ3n) is 3.05. The van der Waals surface area contributed by atoms with Gasteiger partial charge in [-0.15, -0.1) is 0 Å². The Kier molecular flexibility index (Phi) is 5.16. The van der Waals surface area contributed by atoms with Crippen molar-refractivity contribution in [1.29, 1.82) is 0 Å². The van der Waals surface area contributed by atoms with E-state index in [-0.39, 0.29) is 5.84 Å². The van der Waals surface area contributed by atoms with E-state index in [4.69, 9.17) is 15.7 Å². The number of benzene rings is 1. The van der Waals surface area contributed by atoms with Crippen molar-refractivity contribution in [2.24, 2.45) is 10.9 Å². The average molecular weight is 289 g/mol. The van der Waals surface area contributed by atoms with E-state index in [1.165, 1.54) is 0 Å². The van der Waals surface area contributed by atoms with Gasteiger partial charge in [0.2, 0.25) is 0 Å². The van der Waals surface area contributed by atoms with Crippen LogP contribution in [0.1, 0.15) is 11.1 Å². The maximum Gasteiger partial charge on any atom is 0.173 e. The number of rotatable bonds is 7. The normalized spacial score (nSPS) is 11.6. The number of nitrogens with two attached hydrogens (primary N) is 1. The Balaban J connectivity index is 1.94. The van der Waals surface area contributed by atoms with Crippen molar-refractivity contribution in [3.8, 4) is 5.75 Å². The van der Waals surface area contributed by atoms with E-state index in [1.807, 2.05) is 29.1 Å². The number of methoxy groups -OCH3 is 1. The molecule has 0 amide bonds. The quantitative estimate of drug-likeness (QED) is 0.230. The molecule has 0 spiro atoms. The Morgan fingerprint density at radius 3 is 3.05 bits per heavy atom. The summed E-state index contributed by atoms with van der Waals surface area (Å²) < 4.78 is 7.06. The predicted molar refractivity (Wildman–Crippen MR) is 79.4 cm³/mol. The zero-order valence-corrected chi connectivity index (χ0v) is 11.9. The number of nitrogens with one attached hydrogen (secondary N) is 1. The van der Waals surface area contributed by atoms with Crippen LogP contribution in [0.4, 0.5) is 0 Å². The van der Waals surface area contributed by atoms with Gasteiger partial charge in [0.15, 0.2) is 5.84 Å². The first-order valence-corrected chi connectivity index (χ1v) is 6.57. The molecular weight excluding hydrogens is 270 g/mol.